The fraction of sp³-hybridized carbons (Fsp3) is 0.625. The summed E-state index contributed by atoms with van der Waals surface area (Å²) in [5.41, 5.74) is 0.165. The highest BCUT2D eigenvalue weighted by Crippen LogP contribution is 2.36. The Hall–Kier alpha value is -0.590. The lowest BCUT2D eigenvalue weighted by molar-refractivity contribution is -0.137. The van der Waals surface area contributed by atoms with Crippen molar-refractivity contribution in [2.45, 2.75) is 32.5 Å². The topological polar surface area (TPSA) is 15.3 Å². The molecule has 0 aromatic heterocycles. The minimum atomic E-state index is -4.32. The van der Waals surface area contributed by atoms with Crippen molar-refractivity contribution in [1.82, 2.24) is 10.2 Å². The third-order valence-corrected chi connectivity index (χ3v) is 4.38. The number of hydrogen-bond donors (Lipinski definition) is 1. The lowest BCUT2D eigenvalue weighted by Crippen LogP contribution is -2.45. The molecular weight excluding hydrogens is 357 g/mol. The third kappa shape index (κ3) is 4.70. The summed E-state index contributed by atoms with van der Waals surface area (Å²) >= 11 is 3.23. The lowest BCUT2D eigenvalue weighted by atomic mass is 9.94. The summed E-state index contributed by atoms with van der Waals surface area (Å²) in [7, 11) is 0. The molecule has 0 aliphatic carbocycles. The van der Waals surface area contributed by atoms with Gasteiger partial charge in [0.05, 0.1) is 5.56 Å². The molecule has 1 heterocycles. The summed E-state index contributed by atoms with van der Waals surface area (Å²) in [5, 5.41) is 3.29. The van der Waals surface area contributed by atoms with Crippen molar-refractivity contribution in [2.75, 3.05) is 26.2 Å². The van der Waals surface area contributed by atoms with E-state index in [0.717, 1.165) is 44.2 Å². The van der Waals surface area contributed by atoms with Gasteiger partial charge in [-0.2, -0.15) is 13.2 Å². The van der Waals surface area contributed by atoms with Crippen molar-refractivity contribution in [3.05, 3.63) is 33.8 Å². The van der Waals surface area contributed by atoms with Gasteiger partial charge in [0.1, 0.15) is 0 Å². The van der Waals surface area contributed by atoms with Gasteiger partial charge in [0.2, 0.25) is 0 Å². The van der Waals surface area contributed by atoms with Crippen LogP contribution in [0, 0.1) is 5.92 Å². The van der Waals surface area contributed by atoms with E-state index in [0.29, 0.717) is 10.4 Å². The van der Waals surface area contributed by atoms with E-state index in [1.165, 1.54) is 6.07 Å². The van der Waals surface area contributed by atoms with Crippen LogP contribution in [-0.4, -0.2) is 31.1 Å². The van der Waals surface area contributed by atoms with Crippen LogP contribution in [0.2, 0.25) is 0 Å². The standard InChI is InChI=1S/C16H22BrF3N2/c1-11(2)7-15(22-5-3-21-4-6-22)12-8-13(16(18,19)20)10-14(17)9-12/h8-11,15,21H,3-7H2,1-2H3/t15-/m0/s1. The molecule has 124 valence electrons. The number of nitrogens with zero attached hydrogens (tertiary/aromatic N) is 1. The first kappa shape index (κ1) is 17.8. The van der Waals surface area contributed by atoms with Crippen LogP contribution in [0.3, 0.4) is 0 Å². The lowest BCUT2D eigenvalue weighted by Gasteiger charge is -2.36. The molecule has 0 bridgehead atoms. The molecule has 6 heteroatoms. The van der Waals surface area contributed by atoms with E-state index in [4.69, 9.17) is 0 Å². The summed E-state index contributed by atoms with van der Waals surface area (Å²) in [6.07, 6.45) is -3.46. The van der Waals surface area contributed by atoms with Crippen molar-refractivity contribution in [2.24, 2.45) is 5.92 Å². The predicted octanol–water partition coefficient (Wildman–Crippen LogP) is 4.46. The molecule has 0 spiro atoms. The minimum Gasteiger partial charge on any atom is -0.314 e. The molecule has 1 aliphatic rings. The second-order valence-corrected chi connectivity index (χ2v) is 7.12. The van der Waals surface area contributed by atoms with Crippen molar-refractivity contribution in [3.8, 4) is 0 Å². The zero-order valence-corrected chi connectivity index (χ0v) is 14.5. The summed E-state index contributed by atoms with van der Waals surface area (Å²) in [6, 6.07) is 4.30. The Bertz CT molecular complexity index is 497. The molecule has 22 heavy (non-hydrogen) atoms. The van der Waals surface area contributed by atoms with E-state index in [-0.39, 0.29) is 6.04 Å². The quantitative estimate of drug-likeness (QED) is 0.831. The zero-order valence-electron chi connectivity index (χ0n) is 12.9. The largest absolute Gasteiger partial charge is 0.416 e. The van der Waals surface area contributed by atoms with Crippen LogP contribution in [0.4, 0.5) is 13.2 Å². The second kappa shape index (κ2) is 7.32. The van der Waals surface area contributed by atoms with Crippen LogP contribution in [0.15, 0.2) is 22.7 Å². The average molecular weight is 379 g/mol. The number of rotatable bonds is 4. The van der Waals surface area contributed by atoms with Crippen LogP contribution in [0.25, 0.3) is 0 Å². The number of benzene rings is 1. The number of alkyl halides is 3. The van der Waals surface area contributed by atoms with E-state index >= 15 is 0 Å². The minimum absolute atomic E-state index is 0.0284. The second-order valence-electron chi connectivity index (χ2n) is 6.20. The normalized spacial score (nSPS) is 18.7. The Labute approximate surface area is 138 Å². The summed E-state index contributed by atoms with van der Waals surface area (Å²) in [5.74, 6) is 0.424. The van der Waals surface area contributed by atoms with Gasteiger partial charge in [-0.05, 0) is 36.1 Å². The summed E-state index contributed by atoms with van der Waals surface area (Å²) < 4.78 is 39.7. The Morgan fingerprint density at radius 2 is 1.82 bits per heavy atom. The van der Waals surface area contributed by atoms with Gasteiger partial charge in [0, 0.05) is 36.7 Å². The van der Waals surface area contributed by atoms with Crippen molar-refractivity contribution < 1.29 is 13.2 Å². The van der Waals surface area contributed by atoms with Crippen molar-refractivity contribution in [3.63, 3.8) is 0 Å². The maximum Gasteiger partial charge on any atom is 0.416 e. The smallest absolute Gasteiger partial charge is 0.314 e. The maximum atomic E-state index is 13.1. The SMILES string of the molecule is CC(C)C[C@@H](c1cc(Br)cc(C(F)(F)F)c1)N1CCNCC1. The highest BCUT2D eigenvalue weighted by molar-refractivity contribution is 9.10. The Morgan fingerprint density at radius 3 is 2.36 bits per heavy atom. The van der Waals surface area contributed by atoms with E-state index in [2.05, 4.69) is 40.0 Å². The van der Waals surface area contributed by atoms with Gasteiger partial charge in [-0.15, -0.1) is 0 Å². The number of hydrogen-bond acceptors (Lipinski definition) is 2. The molecule has 1 saturated heterocycles. The molecule has 0 saturated carbocycles. The maximum absolute atomic E-state index is 13.1. The first-order valence-corrected chi connectivity index (χ1v) is 8.39. The molecule has 1 aromatic carbocycles. The molecule has 1 aliphatic heterocycles. The van der Waals surface area contributed by atoms with Crippen LogP contribution in [-0.2, 0) is 6.18 Å². The molecule has 1 atom stereocenters. The third-order valence-electron chi connectivity index (χ3n) is 3.92. The van der Waals surface area contributed by atoms with Crippen LogP contribution >= 0.6 is 15.9 Å². The van der Waals surface area contributed by atoms with Crippen molar-refractivity contribution in [1.29, 1.82) is 0 Å². The highest BCUT2D eigenvalue weighted by atomic mass is 79.9. The Balaban J connectivity index is 2.35. The van der Waals surface area contributed by atoms with E-state index < -0.39 is 11.7 Å². The van der Waals surface area contributed by atoms with Crippen molar-refractivity contribution >= 4 is 15.9 Å². The van der Waals surface area contributed by atoms with Crippen LogP contribution < -0.4 is 5.32 Å². The van der Waals surface area contributed by atoms with Gasteiger partial charge < -0.3 is 5.32 Å². The molecule has 0 radical (unpaired) electrons. The first-order chi connectivity index (χ1) is 10.3. The van der Waals surface area contributed by atoms with Gasteiger partial charge in [-0.3, -0.25) is 4.90 Å². The summed E-state index contributed by atoms with van der Waals surface area (Å²) in [4.78, 5) is 2.29. The van der Waals surface area contributed by atoms with Gasteiger partial charge in [0.15, 0.2) is 0 Å². The van der Waals surface area contributed by atoms with E-state index in [9.17, 15) is 13.2 Å². The van der Waals surface area contributed by atoms with Gasteiger partial charge >= 0.3 is 6.18 Å². The van der Waals surface area contributed by atoms with E-state index in [1.807, 2.05) is 6.07 Å². The summed E-state index contributed by atoms with van der Waals surface area (Å²) in [6.45, 7) is 7.72. The highest BCUT2D eigenvalue weighted by Gasteiger charge is 2.32. The number of halogens is 4. The number of piperazine rings is 1. The fourth-order valence-electron chi connectivity index (χ4n) is 2.90. The van der Waals surface area contributed by atoms with Crippen LogP contribution in [0.5, 0.6) is 0 Å². The molecule has 1 fully saturated rings. The Morgan fingerprint density at radius 1 is 1.18 bits per heavy atom. The number of nitrogens with one attached hydrogen (secondary N) is 1. The van der Waals surface area contributed by atoms with E-state index in [1.54, 1.807) is 0 Å². The monoisotopic (exact) mass is 378 g/mol. The molecule has 2 nitrogen and oxygen atoms in total. The molecule has 2 rings (SSSR count). The van der Waals surface area contributed by atoms with Crippen LogP contribution in [0.1, 0.15) is 37.4 Å². The first-order valence-electron chi connectivity index (χ1n) is 7.60. The zero-order chi connectivity index (χ0) is 16.3. The van der Waals surface area contributed by atoms with Gasteiger partial charge in [0.25, 0.3) is 0 Å². The predicted molar refractivity (Wildman–Crippen MR) is 85.8 cm³/mol. The Kier molecular flexibility index (Phi) is 5.91. The molecule has 1 N–H and O–H groups in total. The molecule has 0 unspecified atom stereocenters. The fourth-order valence-corrected chi connectivity index (χ4v) is 3.42. The average Bonchev–Trinajstić information content (AvgIpc) is 2.44. The van der Waals surface area contributed by atoms with Gasteiger partial charge in [-0.25, -0.2) is 0 Å². The molecular formula is C16H22BrF3N2. The molecule has 1 aromatic rings. The van der Waals surface area contributed by atoms with Gasteiger partial charge in [-0.1, -0.05) is 29.8 Å². The molecule has 0 amide bonds.